The van der Waals surface area contributed by atoms with Crippen molar-refractivity contribution in [1.82, 2.24) is 0 Å². The molecule has 3 aromatic carbocycles. The zero-order chi connectivity index (χ0) is 13.6. The topological polar surface area (TPSA) is 27.6 Å². The van der Waals surface area contributed by atoms with E-state index in [0.29, 0.717) is 0 Å². The van der Waals surface area contributed by atoms with Crippen molar-refractivity contribution in [2.45, 2.75) is 0 Å². The zero-order valence-corrected chi connectivity index (χ0v) is 11.1. The molecule has 1 radical (unpaired) electrons. The molecule has 2 heteroatoms. The van der Waals surface area contributed by atoms with Crippen molar-refractivity contribution < 1.29 is 5.32 Å². The third kappa shape index (κ3) is 3.25. The zero-order valence-electron chi connectivity index (χ0n) is 11.1. The van der Waals surface area contributed by atoms with E-state index >= 15 is 0 Å². The van der Waals surface area contributed by atoms with Gasteiger partial charge >= 0.3 is 0 Å². The van der Waals surface area contributed by atoms with Crippen LogP contribution >= 0.6 is 0 Å². The molecule has 97 valence electrons. The fourth-order valence-corrected chi connectivity index (χ4v) is 2.01. The van der Waals surface area contributed by atoms with E-state index in [1.54, 1.807) is 0 Å². The van der Waals surface area contributed by atoms with Crippen molar-refractivity contribution >= 4 is 22.7 Å². The number of hydrogen-bond acceptors (Lipinski definition) is 2. The summed E-state index contributed by atoms with van der Waals surface area (Å²) in [6.45, 7) is 0. The van der Waals surface area contributed by atoms with E-state index in [4.69, 9.17) is 0 Å². The Morgan fingerprint density at radius 1 is 0.500 bits per heavy atom. The quantitative estimate of drug-likeness (QED) is 0.734. The van der Waals surface area contributed by atoms with E-state index in [2.05, 4.69) is 59.2 Å². The summed E-state index contributed by atoms with van der Waals surface area (Å²) in [7, 11) is 0. The molecular weight excluding hydrogens is 244 g/mol. The van der Waals surface area contributed by atoms with E-state index in [-0.39, 0.29) is 0 Å². The molecule has 2 nitrogen and oxygen atoms in total. The van der Waals surface area contributed by atoms with Crippen LogP contribution in [0.5, 0.6) is 0 Å². The van der Waals surface area contributed by atoms with Crippen molar-refractivity contribution in [3.05, 3.63) is 84.9 Å². The van der Waals surface area contributed by atoms with Crippen LogP contribution in [0.4, 0.5) is 22.7 Å². The predicted molar refractivity (Wildman–Crippen MR) is 82.9 cm³/mol. The number of hydrogen-bond donors (Lipinski definition) is 2. The van der Waals surface area contributed by atoms with E-state index in [0.717, 1.165) is 22.7 Å². The van der Waals surface area contributed by atoms with Crippen molar-refractivity contribution in [2.75, 3.05) is 5.32 Å². The summed E-state index contributed by atoms with van der Waals surface area (Å²) in [6, 6.07) is 28.6. The minimum atomic E-state index is 1.08. The normalized spacial score (nSPS) is 10.2. The standard InChI is InChI=1S/C18H16N2/c1-3-7-15(8-4-1)19-17-11-13-18(14-12-17)20-16-9-5-2-6-10-16/h1-14,19-20H/q+1. The van der Waals surface area contributed by atoms with Gasteiger partial charge in [-0.05, 0) is 24.3 Å². The highest BCUT2D eigenvalue weighted by atomic mass is 14.9. The second-order valence-corrected chi connectivity index (χ2v) is 4.56. The molecule has 0 aromatic heterocycles. The van der Waals surface area contributed by atoms with Crippen molar-refractivity contribution in [2.24, 2.45) is 0 Å². The lowest BCUT2D eigenvalue weighted by Gasteiger charge is -2.05. The van der Waals surface area contributed by atoms with Crippen LogP contribution in [-0.4, -0.2) is 0 Å². The maximum atomic E-state index is 3.37. The minimum absolute atomic E-state index is 1.08. The molecule has 2 N–H and O–H groups in total. The third-order valence-corrected chi connectivity index (χ3v) is 3.01. The second kappa shape index (κ2) is 6.04. The molecule has 0 aliphatic carbocycles. The SMILES string of the molecule is c1ccc(Nc2ccc([NH+]c3ccccc3)cc2)cc1. The first-order valence-electron chi connectivity index (χ1n) is 6.64. The Balaban J connectivity index is 1.69. The molecule has 0 atom stereocenters. The second-order valence-electron chi connectivity index (χ2n) is 4.56. The Kier molecular flexibility index (Phi) is 3.76. The molecular formula is C18H16N2+. The van der Waals surface area contributed by atoms with Crippen LogP contribution in [0.3, 0.4) is 0 Å². The number of rotatable bonds is 4. The van der Waals surface area contributed by atoms with Gasteiger partial charge in [0.1, 0.15) is 0 Å². The Hall–Kier alpha value is -2.58. The molecule has 0 heterocycles. The Morgan fingerprint density at radius 3 is 1.65 bits per heavy atom. The molecule has 0 saturated carbocycles. The van der Waals surface area contributed by atoms with E-state index < -0.39 is 0 Å². The van der Waals surface area contributed by atoms with Gasteiger partial charge < -0.3 is 5.32 Å². The maximum Gasteiger partial charge on any atom is 0.184 e. The van der Waals surface area contributed by atoms with Gasteiger partial charge in [0.05, 0.1) is 0 Å². The van der Waals surface area contributed by atoms with E-state index in [1.165, 1.54) is 0 Å². The molecule has 0 bridgehead atoms. The van der Waals surface area contributed by atoms with Gasteiger partial charge in [-0.3, -0.25) is 0 Å². The molecule has 20 heavy (non-hydrogen) atoms. The summed E-state index contributed by atoms with van der Waals surface area (Å²) in [5, 5.41) is 6.73. The number of nitrogens with one attached hydrogen (secondary N) is 2. The molecule has 3 aromatic rings. The molecule has 0 aliphatic rings. The molecule has 0 spiro atoms. The van der Waals surface area contributed by atoms with Gasteiger partial charge in [0, 0.05) is 35.6 Å². The summed E-state index contributed by atoms with van der Waals surface area (Å²) < 4.78 is 0. The smallest absolute Gasteiger partial charge is 0.184 e. The summed E-state index contributed by atoms with van der Waals surface area (Å²) in [5.74, 6) is 0. The molecule has 3 rings (SSSR count). The Labute approximate surface area is 119 Å². The average Bonchev–Trinajstić information content (AvgIpc) is 2.51. The molecule has 0 amide bonds. The van der Waals surface area contributed by atoms with Gasteiger partial charge in [0.25, 0.3) is 0 Å². The highest BCUT2D eigenvalue weighted by Gasteiger charge is 2.04. The fraction of sp³-hybridized carbons (Fsp3) is 0. The van der Waals surface area contributed by atoms with Gasteiger partial charge in [-0.25, -0.2) is 0 Å². The lowest BCUT2D eigenvalue weighted by atomic mass is 10.2. The molecule has 0 fully saturated rings. The monoisotopic (exact) mass is 260 g/mol. The summed E-state index contributed by atoms with van der Waals surface area (Å²) in [6.07, 6.45) is 0. The van der Waals surface area contributed by atoms with Crippen molar-refractivity contribution in [1.29, 1.82) is 0 Å². The third-order valence-electron chi connectivity index (χ3n) is 3.01. The van der Waals surface area contributed by atoms with Gasteiger partial charge in [-0.15, -0.1) is 5.32 Å². The lowest BCUT2D eigenvalue weighted by Crippen LogP contribution is -2.70. The summed E-state index contributed by atoms with van der Waals surface area (Å²) in [4.78, 5) is 0. The first kappa shape index (κ1) is 12.5. The van der Waals surface area contributed by atoms with Crippen molar-refractivity contribution in [3.8, 4) is 0 Å². The van der Waals surface area contributed by atoms with Gasteiger partial charge in [-0.1, -0.05) is 36.4 Å². The number of para-hydroxylation sites is 2. The molecule has 0 aliphatic heterocycles. The fourth-order valence-electron chi connectivity index (χ4n) is 2.01. The van der Waals surface area contributed by atoms with Gasteiger partial charge in [0.2, 0.25) is 0 Å². The van der Waals surface area contributed by atoms with Crippen LogP contribution in [0.15, 0.2) is 84.9 Å². The van der Waals surface area contributed by atoms with Crippen LogP contribution in [0.1, 0.15) is 0 Å². The van der Waals surface area contributed by atoms with Crippen molar-refractivity contribution in [3.63, 3.8) is 0 Å². The Morgan fingerprint density at radius 2 is 1.00 bits per heavy atom. The number of benzene rings is 3. The number of anilines is 4. The maximum absolute atomic E-state index is 3.37. The first-order chi connectivity index (χ1) is 9.90. The van der Waals surface area contributed by atoms with Crippen LogP contribution in [-0.2, 0) is 0 Å². The predicted octanol–water partition coefficient (Wildman–Crippen LogP) is 3.74. The minimum Gasteiger partial charge on any atom is -0.356 e. The van der Waals surface area contributed by atoms with E-state index in [9.17, 15) is 0 Å². The summed E-state index contributed by atoms with van der Waals surface area (Å²) >= 11 is 0. The highest BCUT2D eigenvalue weighted by molar-refractivity contribution is 5.60. The Bertz CT molecular complexity index is 586. The largest absolute Gasteiger partial charge is 0.356 e. The van der Waals surface area contributed by atoms with Crippen LogP contribution in [0, 0.1) is 0 Å². The van der Waals surface area contributed by atoms with E-state index in [1.807, 2.05) is 36.4 Å². The lowest BCUT2D eigenvalue weighted by molar-refractivity contribution is -0.478. The summed E-state index contributed by atoms with van der Waals surface area (Å²) in [5.41, 5.74) is 4.34. The van der Waals surface area contributed by atoms with Crippen LogP contribution in [0.2, 0.25) is 0 Å². The van der Waals surface area contributed by atoms with Gasteiger partial charge in [0.15, 0.2) is 11.4 Å². The van der Waals surface area contributed by atoms with Crippen LogP contribution in [0.25, 0.3) is 0 Å². The highest BCUT2D eigenvalue weighted by Crippen LogP contribution is 2.17. The molecule has 0 saturated heterocycles. The first-order valence-corrected chi connectivity index (χ1v) is 6.64. The van der Waals surface area contributed by atoms with Gasteiger partial charge in [-0.2, -0.15) is 0 Å². The average molecular weight is 260 g/mol. The van der Waals surface area contributed by atoms with Crippen LogP contribution < -0.4 is 10.6 Å². The molecule has 0 unspecified atom stereocenters.